The standard InChI is InChI=1S/C15H26N2O3/c16-12-8-4-7-11(9-12)14(18)17-13(15(19)20)10-5-2-1-3-6-10/h10-13H,1-9,16H2,(H,17,18)(H,19,20). The van der Waals surface area contributed by atoms with Gasteiger partial charge in [-0.3, -0.25) is 4.79 Å². The Morgan fingerprint density at radius 3 is 2.35 bits per heavy atom. The Hall–Kier alpha value is -1.10. The molecular formula is C15H26N2O3. The number of carboxylic acid groups (broad SMARTS) is 1. The molecule has 20 heavy (non-hydrogen) atoms. The smallest absolute Gasteiger partial charge is 0.326 e. The van der Waals surface area contributed by atoms with Crippen molar-refractivity contribution in [2.45, 2.75) is 69.9 Å². The van der Waals surface area contributed by atoms with Crippen LogP contribution < -0.4 is 11.1 Å². The topological polar surface area (TPSA) is 92.4 Å². The van der Waals surface area contributed by atoms with Crippen molar-refractivity contribution in [3.8, 4) is 0 Å². The van der Waals surface area contributed by atoms with Crippen LogP contribution in [0.4, 0.5) is 0 Å². The van der Waals surface area contributed by atoms with Crippen LogP contribution in [0, 0.1) is 11.8 Å². The minimum atomic E-state index is -0.898. The van der Waals surface area contributed by atoms with E-state index in [1.165, 1.54) is 6.42 Å². The number of rotatable bonds is 4. The Labute approximate surface area is 120 Å². The van der Waals surface area contributed by atoms with Gasteiger partial charge in [0.15, 0.2) is 0 Å². The molecule has 0 radical (unpaired) electrons. The molecule has 2 aliphatic rings. The SMILES string of the molecule is NC1CCCC(C(=O)NC(C(=O)O)C2CCCCC2)C1. The molecule has 0 aromatic heterocycles. The molecule has 0 saturated heterocycles. The predicted molar refractivity (Wildman–Crippen MR) is 76.1 cm³/mol. The predicted octanol–water partition coefficient (Wildman–Crippen LogP) is 1.65. The number of carbonyl (C=O) groups is 2. The van der Waals surface area contributed by atoms with E-state index in [0.29, 0.717) is 6.42 Å². The Morgan fingerprint density at radius 2 is 1.75 bits per heavy atom. The van der Waals surface area contributed by atoms with Crippen LogP contribution in [0.2, 0.25) is 0 Å². The maximum atomic E-state index is 12.3. The fraction of sp³-hybridized carbons (Fsp3) is 0.867. The number of nitrogens with two attached hydrogens (primary N) is 1. The lowest BCUT2D eigenvalue weighted by Crippen LogP contribution is -2.49. The second-order valence-corrected chi connectivity index (χ2v) is 6.35. The summed E-state index contributed by atoms with van der Waals surface area (Å²) < 4.78 is 0. The highest BCUT2D eigenvalue weighted by Crippen LogP contribution is 2.28. The van der Waals surface area contributed by atoms with E-state index in [4.69, 9.17) is 5.73 Å². The first-order valence-corrected chi connectivity index (χ1v) is 7.86. The van der Waals surface area contributed by atoms with Gasteiger partial charge in [0, 0.05) is 12.0 Å². The zero-order valence-corrected chi connectivity index (χ0v) is 12.0. The maximum Gasteiger partial charge on any atom is 0.326 e. The van der Waals surface area contributed by atoms with Gasteiger partial charge in [0.2, 0.25) is 5.91 Å². The highest BCUT2D eigenvalue weighted by Gasteiger charge is 2.33. The third-order valence-corrected chi connectivity index (χ3v) is 4.77. The highest BCUT2D eigenvalue weighted by atomic mass is 16.4. The first-order valence-electron chi connectivity index (χ1n) is 7.86. The third-order valence-electron chi connectivity index (χ3n) is 4.77. The summed E-state index contributed by atoms with van der Waals surface area (Å²) in [4.78, 5) is 23.7. The summed E-state index contributed by atoms with van der Waals surface area (Å²) in [5.74, 6) is -1.03. The molecule has 5 heteroatoms. The summed E-state index contributed by atoms with van der Waals surface area (Å²) in [7, 11) is 0. The van der Waals surface area contributed by atoms with Gasteiger partial charge in [-0.2, -0.15) is 0 Å². The first-order chi connectivity index (χ1) is 9.58. The van der Waals surface area contributed by atoms with Crippen LogP contribution in [0.15, 0.2) is 0 Å². The molecule has 1 amide bonds. The Balaban J connectivity index is 1.93. The average molecular weight is 282 g/mol. The number of carboxylic acids is 1. The third kappa shape index (κ3) is 3.95. The lowest BCUT2D eigenvalue weighted by atomic mass is 9.82. The van der Waals surface area contributed by atoms with Gasteiger partial charge < -0.3 is 16.2 Å². The zero-order valence-electron chi connectivity index (χ0n) is 12.0. The van der Waals surface area contributed by atoms with Crippen molar-refractivity contribution in [2.75, 3.05) is 0 Å². The van der Waals surface area contributed by atoms with E-state index in [0.717, 1.165) is 44.9 Å². The van der Waals surface area contributed by atoms with E-state index in [1.807, 2.05) is 0 Å². The number of nitrogens with one attached hydrogen (secondary N) is 1. The van der Waals surface area contributed by atoms with Crippen molar-refractivity contribution in [3.63, 3.8) is 0 Å². The first kappa shape index (κ1) is 15.3. The fourth-order valence-electron chi connectivity index (χ4n) is 3.59. The van der Waals surface area contributed by atoms with Crippen LogP contribution in [0.1, 0.15) is 57.8 Å². The van der Waals surface area contributed by atoms with Crippen molar-refractivity contribution < 1.29 is 14.7 Å². The van der Waals surface area contributed by atoms with Gasteiger partial charge >= 0.3 is 5.97 Å². The summed E-state index contributed by atoms with van der Waals surface area (Å²) in [5, 5.41) is 12.2. The van der Waals surface area contributed by atoms with Crippen molar-refractivity contribution in [1.29, 1.82) is 0 Å². The molecule has 2 aliphatic carbocycles. The summed E-state index contributed by atoms with van der Waals surface area (Å²) >= 11 is 0. The fourth-order valence-corrected chi connectivity index (χ4v) is 3.59. The number of carbonyl (C=O) groups excluding carboxylic acids is 1. The van der Waals surface area contributed by atoms with Crippen LogP contribution in [0.25, 0.3) is 0 Å². The van der Waals surface area contributed by atoms with Crippen molar-refractivity contribution in [1.82, 2.24) is 5.32 Å². The van der Waals surface area contributed by atoms with E-state index >= 15 is 0 Å². The van der Waals surface area contributed by atoms with Gasteiger partial charge in [0.1, 0.15) is 6.04 Å². The van der Waals surface area contributed by atoms with Gasteiger partial charge in [0.25, 0.3) is 0 Å². The van der Waals surface area contributed by atoms with Gasteiger partial charge in [0.05, 0.1) is 0 Å². The Bertz CT molecular complexity index is 353. The van der Waals surface area contributed by atoms with E-state index < -0.39 is 12.0 Å². The highest BCUT2D eigenvalue weighted by molar-refractivity contribution is 5.85. The molecule has 2 fully saturated rings. The summed E-state index contributed by atoms with van der Waals surface area (Å²) in [6.45, 7) is 0. The van der Waals surface area contributed by atoms with E-state index in [2.05, 4.69) is 5.32 Å². The molecule has 0 aliphatic heterocycles. The van der Waals surface area contributed by atoms with Crippen molar-refractivity contribution >= 4 is 11.9 Å². The Morgan fingerprint density at radius 1 is 1.05 bits per heavy atom. The zero-order chi connectivity index (χ0) is 14.5. The normalized spacial score (nSPS) is 29.6. The van der Waals surface area contributed by atoms with Gasteiger partial charge in [-0.05, 0) is 38.0 Å². The number of amides is 1. The number of hydrogen-bond acceptors (Lipinski definition) is 3. The molecule has 114 valence electrons. The summed E-state index contributed by atoms with van der Waals surface area (Å²) in [6, 6.07) is -0.640. The average Bonchev–Trinajstić information content (AvgIpc) is 2.45. The molecule has 0 heterocycles. The molecule has 2 rings (SSSR count). The molecule has 3 unspecified atom stereocenters. The maximum absolute atomic E-state index is 12.3. The number of hydrogen-bond donors (Lipinski definition) is 3. The molecule has 4 N–H and O–H groups in total. The van der Waals surface area contributed by atoms with Crippen LogP contribution in [0.5, 0.6) is 0 Å². The molecule has 0 aromatic rings. The van der Waals surface area contributed by atoms with Crippen LogP contribution in [0.3, 0.4) is 0 Å². The molecule has 0 aromatic carbocycles. The largest absolute Gasteiger partial charge is 0.480 e. The minimum absolute atomic E-state index is 0.0810. The molecule has 0 spiro atoms. The lowest BCUT2D eigenvalue weighted by Gasteiger charge is -2.31. The second kappa shape index (κ2) is 7.07. The van der Waals surface area contributed by atoms with E-state index in [9.17, 15) is 14.7 Å². The van der Waals surface area contributed by atoms with Crippen molar-refractivity contribution in [2.24, 2.45) is 17.6 Å². The lowest BCUT2D eigenvalue weighted by molar-refractivity contribution is -0.144. The van der Waals surface area contributed by atoms with Crippen LogP contribution in [-0.2, 0) is 9.59 Å². The van der Waals surface area contributed by atoms with Gasteiger partial charge in [-0.15, -0.1) is 0 Å². The number of aliphatic carboxylic acids is 1. The Kier molecular flexibility index (Phi) is 5.40. The van der Waals surface area contributed by atoms with Crippen LogP contribution >= 0.6 is 0 Å². The molecule has 3 atom stereocenters. The molecule has 5 nitrogen and oxygen atoms in total. The van der Waals surface area contributed by atoms with Gasteiger partial charge in [-0.25, -0.2) is 4.79 Å². The van der Waals surface area contributed by atoms with Crippen LogP contribution in [-0.4, -0.2) is 29.1 Å². The summed E-state index contributed by atoms with van der Waals surface area (Å²) in [6.07, 6.45) is 8.56. The molecule has 0 bridgehead atoms. The van der Waals surface area contributed by atoms with Crippen molar-refractivity contribution in [3.05, 3.63) is 0 Å². The minimum Gasteiger partial charge on any atom is -0.480 e. The van der Waals surface area contributed by atoms with E-state index in [-0.39, 0.29) is 23.8 Å². The quantitative estimate of drug-likeness (QED) is 0.731. The second-order valence-electron chi connectivity index (χ2n) is 6.35. The van der Waals surface area contributed by atoms with Gasteiger partial charge in [-0.1, -0.05) is 25.7 Å². The molecule has 2 saturated carbocycles. The summed E-state index contributed by atoms with van der Waals surface area (Å²) in [5.41, 5.74) is 5.90. The molecular weight excluding hydrogens is 256 g/mol. The van der Waals surface area contributed by atoms with E-state index in [1.54, 1.807) is 0 Å². The monoisotopic (exact) mass is 282 g/mol.